The lowest BCUT2D eigenvalue weighted by atomic mass is 9.70. The highest BCUT2D eigenvalue weighted by molar-refractivity contribution is 6.31. The van der Waals surface area contributed by atoms with E-state index in [1.807, 2.05) is 24.4 Å². The predicted molar refractivity (Wildman–Crippen MR) is 91.0 cm³/mol. The van der Waals surface area contributed by atoms with Crippen LogP contribution in [0.5, 0.6) is 0 Å². The maximum atomic E-state index is 6.26. The smallest absolute Gasteiger partial charge is 0.0934 e. The second-order valence-corrected chi connectivity index (χ2v) is 7.72. The van der Waals surface area contributed by atoms with E-state index in [-0.39, 0.29) is 0 Å². The molecule has 1 aliphatic rings. The highest BCUT2D eigenvalue weighted by Crippen LogP contribution is 2.40. The molecule has 0 bridgehead atoms. The zero-order valence-corrected chi connectivity index (χ0v) is 13.7. The first-order valence-electron chi connectivity index (χ1n) is 7.74. The van der Waals surface area contributed by atoms with Gasteiger partial charge in [-0.1, -0.05) is 38.4 Å². The van der Waals surface area contributed by atoms with Crippen molar-refractivity contribution in [3.05, 3.63) is 35.5 Å². The molecule has 2 atom stereocenters. The molecule has 1 aromatic carbocycles. The first-order valence-corrected chi connectivity index (χ1v) is 8.11. The van der Waals surface area contributed by atoms with Crippen molar-refractivity contribution in [3.63, 3.8) is 0 Å². The molecular weight excluding hydrogens is 280 g/mol. The number of nitrogens with one attached hydrogen (secondary N) is 1. The fraction of sp³-hybridized carbons (Fsp3) is 0.500. The molecule has 1 aromatic heterocycles. The largest absolute Gasteiger partial charge is 0.380 e. The summed E-state index contributed by atoms with van der Waals surface area (Å²) in [4.78, 5) is 4.52. The van der Waals surface area contributed by atoms with Crippen LogP contribution in [0.1, 0.15) is 40.0 Å². The third kappa shape index (κ3) is 3.32. The van der Waals surface area contributed by atoms with Crippen LogP contribution in [0, 0.1) is 11.3 Å². The molecule has 2 nitrogen and oxygen atoms in total. The van der Waals surface area contributed by atoms with Crippen molar-refractivity contribution >= 4 is 28.2 Å². The van der Waals surface area contributed by atoms with Gasteiger partial charge < -0.3 is 5.32 Å². The zero-order valence-electron chi connectivity index (χ0n) is 13.0. The number of nitrogens with zero attached hydrogens (tertiary/aromatic N) is 1. The van der Waals surface area contributed by atoms with Crippen LogP contribution in [-0.2, 0) is 0 Å². The van der Waals surface area contributed by atoms with E-state index >= 15 is 0 Å². The van der Waals surface area contributed by atoms with E-state index in [9.17, 15) is 0 Å². The summed E-state index contributed by atoms with van der Waals surface area (Å²) < 4.78 is 0. The summed E-state index contributed by atoms with van der Waals surface area (Å²) in [7, 11) is 0. The van der Waals surface area contributed by atoms with Crippen molar-refractivity contribution in [2.24, 2.45) is 11.3 Å². The summed E-state index contributed by atoms with van der Waals surface area (Å²) in [5.41, 5.74) is 2.47. The molecule has 2 unspecified atom stereocenters. The van der Waals surface area contributed by atoms with Gasteiger partial charge in [0.2, 0.25) is 0 Å². The van der Waals surface area contributed by atoms with E-state index in [0.717, 1.165) is 27.5 Å². The number of halogens is 1. The van der Waals surface area contributed by atoms with Crippen LogP contribution < -0.4 is 5.32 Å². The van der Waals surface area contributed by atoms with Gasteiger partial charge in [0.15, 0.2) is 0 Å². The van der Waals surface area contributed by atoms with Crippen molar-refractivity contribution < 1.29 is 0 Å². The summed E-state index contributed by atoms with van der Waals surface area (Å²) in [6.45, 7) is 7.08. The van der Waals surface area contributed by atoms with Gasteiger partial charge in [-0.3, -0.25) is 4.98 Å². The number of fused-ring (bicyclic) bond motifs is 1. The van der Waals surface area contributed by atoms with Crippen LogP contribution >= 0.6 is 11.6 Å². The molecule has 1 saturated carbocycles. The van der Waals surface area contributed by atoms with Crippen LogP contribution in [0.3, 0.4) is 0 Å². The van der Waals surface area contributed by atoms with Crippen LogP contribution in [0.15, 0.2) is 30.5 Å². The highest BCUT2D eigenvalue weighted by atomic mass is 35.5. The lowest BCUT2D eigenvalue weighted by molar-refractivity contribution is 0.178. The minimum absolute atomic E-state index is 0.400. The number of hydrogen-bond acceptors (Lipinski definition) is 2. The Labute approximate surface area is 131 Å². The molecule has 0 saturated heterocycles. The third-order valence-electron chi connectivity index (χ3n) is 4.42. The molecule has 1 N–H and O–H groups in total. The molecule has 1 fully saturated rings. The van der Waals surface area contributed by atoms with Crippen molar-refractivity contribution in [1.29, 1.82) is 0 Å². The Hall–Kier alpha value is -1.28. The second kappa shape index (κ2) is 5.49. The Morgan fingerprint density at radius 2 is 2.10 bits per heavy atom. The molecule has 0 aliphatic heterocycles. The van der Waals surface area contributed by atoms with Gasteiger partial charge in [0, 0.05) is 22.6 Å². The summed E-state index contributed by atoms with van der Waals surface area (Å²) >= 11 is 6.26. The Bertz CT molecular complexity index is 651. The van der Waals surface area contributed by atoms with Gasteiger partial charge in [0.1, 0.15) is 0 Å². The fourth-order valence-corrected chi connectivity index (χ4v) is 4.17. The number of anilines is 1. The van der Waals surface area contributed by atoms with Crippen LogP contribution in [0.25, 0.3) is 10.9 Å². The Morgan fingerprint density at radius 1 is 1.29 bits per heavy atom. The molecule has 0 amide bonds. The number of hydrogen-bond donors (Lipinski definition) is 1. The lowest BCUT2D eigenvalue weighted by Gasteiger charge is -2.39. The van der Waals surface area contributed by atoms with E-state index in [2.05, 4.69) is 37.1 Å². The van der Waals surface area contributed by atoms with Gasteiger partial charge >= 0.3 is 0 Å². The molecule has 3 heteroatoms. The Morgan fingerprint density at radius 3 is 2.86 bits per heavy atom. The molecule has 2 aromatic rings. The number of aromatic nitrogens is 1. The van der Waals surface area contributed by atoms with Crippen LogP contribution in [-0.4, -0.2) is 11.0 Å². The summed E-state index contributed by atoms with van der Waals surface area (Å²) in [6, 6.07) is 8.49. The normalized spacial score (nSPS) is 25.0. The molecule has 112 valence electrons. The molecule has 0 radical (unpaired) electrons. The number of pyridine rings is 1. The van der Waals surface area contributed by atoms with Crippen LogP contribution in [0.4, 0.5) is 5.69 Å². The highest BCUT2D eigenvalue weighted by Gasteiger charge is 2.32. The Kier molecular flexibility index (Phi) is 3.83. The molecule has 3 rings (SSSR count). The van der Waals surface area contributed by atoms with E-state index in [0.29, 0.717) is 11.5 Å². The second-order valence-electron chi connectivity index (χ2n) is 7.28. The number of rotatable bonds is 2. The van der Waals surface area contributed by atoms with Gasteiger partial charge in [0.25, 0.3) is 0 Å². The van der Waals surface area contributed by atoms with Crippen molar-refractivity contribution in [1.82, 2.24) is 4.98 Å². The molecule has 1 heterocycles. The van der Waals surface area contributed by atoms with E-state index < -0.39 is 0 Å². The van der Waals surface area contributed by atoms with Gasteiger partial charge in [-0.05, 0) is 48.8 Å². The average molecular weight is 303 g/mol. The van der Waals surface area contributed by atoms with Gasteiger partial charge in [-0.2, -0.15) is 0 Å². The van der Waals surface area contributed by atoms with Crippen molar-refractivity contribution in [2.75, 3.05) is 5.32 Å². The van der Waals surface area contributed by atoms with Crippen LogP contribution in [0.2, 0.25) is 5.02 Å². The van der Waals surface area contributed by atoms with Gasteiger partial charge in [-0.25, -0.2) is 0 Å². The molecule has 21 heavy (non-hydrogen) atoms. The number of benzene rings is 1. The quantitative estimate of drug-likeness (QED) is 0.790. The summed E-state index contributed by atoms with van der Waals surface area (Å²) in [5.74, 6) is 0.754. The van der Waals surface area contributed by atoms with E-state index in [1.165, 1.54) is 19.3 Å². The molecular formula is C18H23ClN2. The van der Waals surface area contributed by atoms with Crippen molar-refractivity contribution in [3.8, 4) is 0 Å². The summed E-state index contributed by atoms with van der Waals surface area (Å²) in [5, 5.41) is 5.56. The SMILES string of the molecule is CC1CC(Nc2cc(Cl)cc3cccnc23)CC(C)(C)C1. The van der Waals surface area contributed by atoms with Crippen molar-refractivity contribution in [2.45, 2.75) is 46.1 Å². The first-order chi connectivity index (χ1) is 9.93. The lowest BCUT2D eigenvalue weighted by Crippen LogP contribution is -2.35. The topological polar surface area (TPSA) is 24.9 Å². The standard InChI is InChI=1S/C18H23ClN2/c1-12-7-15(11-18(2,3)10-12)21-16-9-14(19)8-13-5-4-6-20-17(13)16/h4-6,8-9,12,15,21H,7,10-11H2,1-3H3. The minimum Gasteiger partial charge on any atom is -0.380 e. The maximum absolute atomic E-state index is 6.26. The first kappa shape index (κ1) is 14.6. The fourth-order valence-electron chi connectivity index (χ4n) is 3.94. The minimum atomic E-state index is 0.400. The summed E-state index contributed by atoms with van der Waals surface area (Å²) in [6.07, 6.45) is 5.55. The molecule has 0 spiro atoms. The zero-order chi connectivity index (χ0) is 15.0. The molecule has 1 aliphatic carbocycles. The van der Waals surface area contributed by atoms with Gasteiger partial charge in [0.05, 0.1) is 11.2 Å². The monoisotopic (exact) mass is 302 g/mol. The Balaban J connectivity index is 1.91. The van der Waals surface area contributed by atoms with E-state index in [1.54, 1.807) is 0 Å². The third-order valence-corrected chi connectivity index (χ3v) is 4.63. The predicted octanol–water partition coefficient (Wildman–Crippen LogP) is 5.51. The maximum Gasteiger partial charge on any atom is 0.0934 e. The van der Waals surface area contributed by atoms with E-state index in [4.69, 9.17) is 11.6 Å². The van der Waals surface area contributed by atoms with Gasteiger partial charge in [-0.15, -0.1) is 0 Å². The average Bonchev–Trinajstić information content (AvgIpc) is 2.35.